The first-order valence-electron chi connectivity index (χ1n) is 7.12. The molecule has 2 rings (SSSR count). The van der Waals surface area contributed by atoms with Crippen LogP contribution in [-0.2, 0) is 5.75 Å². The van der Waals surface area contributed by atoms with Gasteiger partial charge in [0, 0.05) is 23.6 Å². The largest absolute Gasteiger partial charge is 0.307 e. The van der Waals surface area contributed by atoms with E-state index in [0.29, 0.717) is 12.1 Å². The number of hydrogen-bond acceptors (Lipinski definition) is 2. The van der Waals surface area contributed by atoms with Gasteiger partial charge in [-0.25, -0.2) is 0 Å². The lowest BCUT2D eigenvalue weighted by Gasteiger charge is -2.29. The van der Waals surface area contributed by atoms with Crippen LogP contribution in [0.4, 0.5) is 0 Å². The van der Waals surface area contributed by atoms with E-state index in [4.69, 9.17) is 0 Å². The third-order valence-electron chi connectivity index (χ3n) is 3.91. The molecule has 1 aromatic carbocycles. The summed E-state index contributed by atoms with van der Waals surface area (Å²) >= 11 is 2.05. The first kappa shape index (κ1) is 14.0. The molecular weight excluding hydrogens is 238 g/mol. The van der Waals surface area contributed by atoms with E-state index in [-0.39, 0.29) is 0 Å². The van der Waals surface area contributed by atoms with Gasteiger partial charge in [0.2, 0.25) is 0 Å². The molecule has 3 atom stereocenters. The Morgan fingerprint density at radius 3 is 2.89 bits per heavy atom. The summed E-state index contributed by atoms with van der Waals surface area (Å²) in [5, 5.41) is 3.82. The summed E-state index contributed by atoms with van der Waals surface area (Å²) in [5.41, 5.74) is 3.04. The lowest BCUT2D eigenvalue weighted by molar-refractivity contribution is 0.386. The second-order valence-corrected chi connectivity index (χ2v) is 6.61. The standard InChI is InChI=1S/C16H25NS/c1-4-12(2)9-13(3)17-16-11-18-10-14-7-5-6-8-15(14)16/h5-8,12-13,16-17H,4,9-11H2,1-3H3. The van der Waals surface area contributed by atoms with Gasteiger partial charge < -0.3 is 5.32 Å². The van der Waals surface area contributed by atoms with Gasteiger partial charge in [0.05, 0.1) is 0 Å². The molecule has 0 saturated carbocycles. The van der Waals surface area contributed by atoms with Crippen molar-refractivity contribution in [3.63, 3.8) is 0 Å². The molecule has 3 unspecified atom stereocenters. The van der Waals surface area contributed by atoms with E-state index in [2.05, 4.69) is 50.4 Å². The number of benzene rings is 1. The number of fused-ring (bicyclic) bond motifs is 1. The molecule has 18 heavy (non-hydrogen) atoms. The molecular formula is C16H25NS. The van der Waals surface area contributed by atoms with Gasteiger partial charge in [-0.15, -0.1) is 0 Å². The molecule has 100 valence electrons. The Hall–Kier alpha value is -0.470. The minimum atomic E-state index is 0.541. The van der Waals surface area contributed by atoms with Crippen molar-refractivity contribution in [1.82, 2.24) is 5.32 Å². The molecule has 1 aliphatic heterocycles. The van der Waals surface area contributed by atoms with Crippen LogP contribution in [0.15, 0.2) is 24.3 Å². The molecule has 0 aliphatic carbocycles. The monoisotopic (exact) mass is 263 g/mol. The maximum atomic E-state index is 3.82. The zero-order valence-corrected chi connectivity index (χ0v) is 12.6. The lowest BCUT2D eigenvalue weighted by atomic mass is 9.97. The molecule has 0 radical (unpaired) electrons. The van der Waals surface area contributed by atoms with Crippen LogP contribution in [0, 0.1) is 5.92 Å². The highest BCUT2D eigenvalue weighted by molar-refractivity contribution is 7.98. The molecule has 1 aromatic rings. The zero-order valence-electron chi connectivity index (χ0n) is 11.8. The Morgan fingerprint density at radius 1 is 1.33 bits per heavy atom. The normalized spacial score (nSPS) is 22.3. The summed E-state index contributed by atoms with van der Waals surface area (Å²) < 4.78 is 0. The molecule has 1 aliphatic rings. The molecule has 1 heterocycles. The molecule has 2 heteroatoms. The van der Waals surface area contributed by atoms with Crippen LogP contribution < -0.4 is 5.32 Å². The highest BCUT2D eigenvalue weighted by atomic mass is 32.2. The smallest absolute Gasteiger partial charge is 0.0417 e. The van der Waals surface area contributed by atoms with Crippen LogP contribution in [0.2, 0.25) is 0 Å². The van der Waals surface area contributed by atoms with E-state index in [1.54, 1.807) is 0 Å². The summed E-state index contributed by atoms with van der Waals surface area (Å²) in [7, 11) is 0. The van der Waals surface area contributed by atoms with Crippen LogP contribution in [-0.4, -0.2) is 11.8 Å². The average Bonchev–Trinajstić information content (AvgIpc) is 2.39. The van der Waals surface area contributed by atoms with Gasteiger partial charge >= 0.3 is 0 Å². The van der Waals surface area contributed by atoms with Gasteiger partial charge in [0.1, 0.15) is 0 Å². The van der Waals surface area contributed by atoms with Crippen molar-refractivity contribution in [2.75, 3.05) is 5.75 Å². The molecule has 0 spiro atoms. The predicted molar refractivity (Wildman–Crippen MR) is 82.0 cm³/mol. The van der Waals surface area contributed by atoms with Gasteiger partial charge in [-0.05, 0) is 30.4 Å². The van der Waals surface area contributed by atoms with Gasteiger partial charge in [0.25, 0.3) is 0 Å². The van der Waals surface area contributed by atoms with Crippen LogP contribution in [0.1, 0.15) is 50.8 Å². The lowest BCUT2D eigenvalue weighted by Crippen LogP contribution is -2.34. The topological polar surface area (TPSA) is 12.0 Å². The average molecular weight is 263 g/mol. The third-order valence-corrected chi connectivity index (χ3v) is 5.00. The Labute approximate surface area is 116 Å². The van der Waals surface area contributed by atoms with E-state index in [1.165, 1.54) is 35.5 Å². The van der Waals surface area contributed by atoms with Crippen molar-refractivity contribution in [1.29, 1.82) is 0 Å². The van der Waals surface area contributed by atoms with Crippen molar-refractivity contribution in [3.8, 4) is 0 Å². The molecule has 1 nitrogen and oxygen atoms in total. The van der Waals surface area contributed by atoms with Crippen molar-refractivity contribution in [2.24, 2.45) is 5.92 Å². The van der Waals surface area contributed by atoms with E-state index >= 15 is 0 Å². The maximum Gasteiger partial charge on any atom is 0.0417 e. The molecule has 0 aromatic heterocycles. The van der Waals surface area contributed by atoms with Gasteiger partial charge in [-0.2, -0.15) is 11.8 Å². The molecule has 1 N–H and O–H groups in total. The van der Waals surface area contributed by atoms with E-state index in [0.717, 1.165) is 5.92 Å². The Morgan fingerprint density at radius 2 is 2.11 bits per heavy atom. The number of hydrogen-bond donors (Lipinski definition) is 1. The van der Waals surface area contributed by atoms with Crippen molar-refractivity contribution < 1.29 is 0 Å². The first-order chi connectivity index (χ1) is 8.70. The maximum absolute atomic E-state index is 3.82. The number of thioether (sulfide) groups is 1. The highest BCUT2D eigenvalue weighted by Gasteiger charge is 2.21. The van der Waals surface area contributed by atoms with Crippen LogP contribution >= 0.6 is 11.8 Å². The quantitative estimate of drug-likeness (QED) is 0.845. The fourth-order valence-corrected chi connectivity index (χ4v) is 3.81. The van der Waals surface area contributed by atoms with E-state index in [9.17, 15) is 0 Å². The predicted octanol–water partition coefficient (Wildman–Crippen LogP) is 4.39. The van der Waals surface area contributed by atoms with Gasteiger partial charge in [-0.1, -0.05) is 44.5 Å². The first-order valence-corrected chi connectivity index (χ1v) is 8.27. The second kappa shape index (κ2) is 6.63. The fraction of sp³-hybridized carbons (Fsp3) is 0.625. The second-order valence-electron chi connectivity index (χ2n) is 5.58. The summed E-state index contributed by atoms with van der Waals surface area (Å²) in [6, 6.07) is 10.0. The minimum Gasteiger partial charge on any atom is -0.307 e. The molecule has 0 bridgehead atoms. The summed E-state index contributed by atoms with van der Waals surface area (Å²) in [5.74, 6) is 3.20. The van der Waals surface area contributed by atoms with Crippen LogP contribution in [0.25, 0.3) is 0 Å². The summed E-state index contributed by atoms with van der Waals surface area (Å²) in [6.45, 7) is 6.96. The van der Waals surface area contributed by atoms with Crippen LogP contribution in [0.5, 0.6) is 0 Å². The van der Waals surface area contributed by atoms with Crippen molar-refractivity contribution in [2.45, 2.75) is 51.4 Å². The van der Waals surface area contributed by atoms with E-state index in [1.807, 2.05) is 11.8 Å². The SMILES string of the molecule is CCC(C)CC(C)NC1CSCc2ccccc21. The number of rotatable bonds is 5. The van der Waals surface area contributed by atoms with Crippen LogP contribution in [0.3, 0.4) is 0 Å². The minimum absolute atomic E-state index is 0.541. The Bertz CT molecular complexity index is 377. The summed E-state index contributed by atoms with van der Waals surface area (Å²) in [6.07, 6.45) is 2.56. The molecule has 0 amide bonds. The van der Waals surface area contributed by atoms with Crippen molar-refractivity contribution >= 4 is 11.8 Å². The summed E-state index contributed by atoms with van der Waals surface area (Å²) in [4.78, 5) is 0. The van der Waals surface area contributed by atoms with E-state index < -0.39 is 0 Å². The zero-order chi connectivity index (χ0) is 13.0. The van der Waals surface area contributed by atoms with Gasteiger partial charge in [-0.3, -0.25) is 0 Å². The van der Waals surface area contributed by atoms with Gasteiger partial charge in [0.15, 0.2) is 0 Å². The molecule has 0 saturated heterocycles. The number of nitrogens with one attached hydrogen (secondary N) is 1. The highest BCUT2D eigenvalue weighted by Crippen LogP contribution is 2.32. The Balaban J connectivity index is 1.98. The molecule has 0 fully saturated rings. The van der Waals surface area contributed by atoms with Crippen molar-refractivity contribution in [3.05, 3.63) is 35.4 Å². The Kier molecular flexibility index (Phi) is 5.13. The fourth-order valence-electron chi connectivity index (χ4n) is 2.70. The third kappa shape index (κ3) is 3.52.